The molecule has 49 heavy (non-hydrogen) atoms. The molecule has 1 atom stereocenters. The zero-order valence-corrected chi connectivity index (χ0v) is 30.2. The van der Waals surface area contributed by atoms with Gasteiger partial charge in [0.2, 0.25) is 11.8 Å². The lowest BCUT2D eigenvalue weighted by Crippen LogP contribution is -2.37. The first-order valence-corrected chi connectivity index (χ1v) is 17.2. The molecule has 2 N–H and O–H groups in total. The van der Waals surface area contributed by atoms with Crippen molar-refractivity contribution in [2.45, 2.75) is 77.4 Å². The Morgan fingerprint density at radius 3 is 2.08 bits per heavy atom. The number of nitrogens with one attached hydrogen (secondary N) is 1. The number of sulfonamides is 1. The Kier molecular flexibility index (Phi) is 10.7. The molecule has 1 amide bonds. The number of carbonyl (C=O) groups excluding carboxylic acids is 1. The van der Waals surface area contributed by atoms with Crippen LogP contribution in [-0.2, 0) is 20.2 Å². The molecule has 1 aromatic heterocycles. The monoisotopic (exact) mass is 688 g/mol. The van der Waals surface area contributed by atoms with E-state index in [4.69, 9.17) is 9.47 Å². The van der Waals surface area contributed by atoms with E-state index in [1.807, 2.05) is 56.3 Å². The molecule has 4 aromatic rings. The van der Waals surface area contributed by atoms with Crippen molar-refractivity contribution in [1.82, 2.24) is 14.9 Å². The summed E-state index contributed by atoms with van der Waals surface area (Å²) in [5, 5.41) is 9.41. The predicted molar refractivity (Wildman–Crippen MR) is 189 cm³/mol. The molecule has 0 aliphatic rings. The first-order valence-electron chi connectivity index (χ1n) is 15.8. The van der Waals surface area contributed by atoms with Crippen molar-refractivity contribution in [2.75, 3.05) is 18.3 Å². The minimum Gasteiger partial charge on any atom is -0.478 e. The summed E-state index contributed by atoms with van der Waals surface area (Å²) in [7, 11) is -2.70. The maximum Gasteiger partial charge on any atom is 0.410 e. The van der Waals surface area contributed by atoms with Crippen LogP contribution in [0.1, 0.15) is 80.3 Å². The molecular weight excluding hydrogens is 644 g/mol. The number of nitrogens with zero attached hydrogens (tertiary/aromatic N) is 3. The number of anilines is 1. The van der Waals surface area contributed by atoms with Crippen LogP contribution < -0.4 is 9.46 Å². The van der Waals surface area contributed by atoms with Crippen molar-refractivity contribution < 1.29 is 32.6 Å². The summed E-state index contributed by atoms with van der Waals surface area (Å²) >= 11 is 0. The highest BCUT2D eigenvalue weighted by Crippen LogP contribution is 2.32. The first-order chi connectivity index (χ1) is 22.7. The van der Waals surface area contributed by atoms with Crippen molar-refractivity contribution in [3.63, 3.8) is 0 Å². The van der Waals surface area contributed by atoms with Gasteiger partial charge in [-0.05, 0) is 80.5 Å². The quantitative estimate of drug-likeness (QED) is 0.172. The van der Waals surface area contributed by atoms with Gasteiger partial charge in [0.15, 0.2) is 0 Å². The second kappa shape index (κ2) is 14.3. The number of aromatic nitrogens is 2. The van der Waals surface area contributed by atoms with E-state index in [2.05, 4.69) is 35.5 Å². The van der Waals surface area contributed by atoms with Crippen molar-refractivity contribution >= 4 is 28.0 Å². The molecule has 12 heteroatoms. The Morgan fingerprint density at radius 2 is 1.51 bits per heavy atom. The smallest absolute Gasteiger partial charge is 0.410 e. The topological polar surface area (TPSA) is 148 Å². The highest BCUT2D eigenvalue weighted by atomic mass is 32.2. The number of ether oxygens (including phenoxy) is 2. The predicted octanol–water partition coefficient (Wildman–Crippen LogP) is 7.54. The molecule has 11 nitrogen and oxygen atoms in total. The Labute approximate surface area is 288 Å². The van der Waals surface area contributed by atoms with Crippen LogP contribution in [0.3, 0.4) is 0 Å². The number of benzene rings is 3. The maximum atomic E-state index is 13.5. The second-order valence-corrected chi connectivity index (χ2v) is 15.6. The van der Waals surface area contributed by atoms with Crippen molar-refractivity contribution in [3.05, 3.63) is 101 Å². The van der Waals surface area contributed by atoms with E-state index in [1.54, 1.807) is 33.9 Å². The number of aromatic carboxylic acids is 1. The highest BCUT2D eigenvalue weighted by Gasteiger charge is 2.26. The molecule has 260 valence electrons. The fourth-order valence-electron chi connectivity index (χ4n) is 5.07. The van der Waals surface area contributed by atoms with Crippen LogP contribution in [0.2, 0.25) is 0 Å². The van der Waals surface area contributed by atoms with Gasteiger partial charge in [-0.2, -0.15) is 4.98 Å². The van der Waals surface area contributed by atoms with Crippen LogP contribution in [-0.4, -0.2) is 59.6 Å². The Bertz CT molecular complexity index is 1930. The Hall–Kier alpha value is -4.97. The van der Waals surface area contributed by atoms with Crippen LogP contribution in [0.25, 0.3) is 11.3 Å². The summed E-state index contributed by atoms with van der Waals surface area (Å²) in [5.74, 6) is -1.50. The van der Waals surface area contributed by atoms with Gasteiger partial charge >= 0.3 is 12.1 Å². The molecule has 4 rings (SSSR count). The number of aryl methyl sites for hydroxylation is 2. The Morgan fingerprint density at radius 1 is 0.898 bits per heavy atom. The fourth-order valence-corrected chi connectivity index (χ4v) is 6.06. The normalized spacial score (nSPS) is 12.6. The van der Waals surface area contributed by atoms with Crippen LogP contribution in [0, 0.1) is 13.8 Å². The van der Waals surface area contributed by atoms with Gasteiger partial charge in [0.25, 0.3) is 10.0 Å². The Balaban J connectivity index is 1.81. The van der Waals surface area contributed by atoms with E-state index in [0.717, 1.165) is 33.9 Å². The zero-order valence-electron chi connectivity index (χ0n) is 29.4. The lowest BCUT2D eigenvalue weighted by molar-refractivity contribution is 0.0223. The van der Waals surface area contributed by atoms with Crippen molar-refractivity contribution in [1.29, 1.82) is 0 Å². The fraction of sp³-hybridized carbons (Fsp3) is 0.351. The van der Waals surface area contributed by atoms with E-state index in [1.165, 1.54) is 23.1 Å². The number of carboxylic acid groups (broad SMARTS) is 1. The van der Waals surface area contributed by atoms with E-state index >= 15 is 0 Å². The molecule has 1 heterocycles. The average molecular weight is 689 g/mol. The summed E-state index contributed by atoms with van der Waals surface area (Å²) in [4.78, 5) is 34.7. The SMILES string of the molecule is Cc1cccc(C)c1-c1cc(OC(CN(C)C(=O)OC(C)(C)C)c2ccc(C(C)(C)C)cc2)nc(NS(=O)(=O)c2cccc(C(=O)O)c2)n1. The van der Waals surface area contributed by atoms with Crippen LogP contribution in [0.15, 0.2) is 77.7 Å². The molecule has 1 unspecified atom stereocenters. The maximum absolute atomic E-state index is 13.5. The van der Waals surface area contributed by atoms with E-state index in [0.29, 0.717) is 5.69 Å². The van der Waals surface area contributed by atoms with Crippen molar-refractivity contribution in [2.24, 2.45) is 0 Å². The molecule has 3 aromatic carbocycles. The van der Waals surface area contributed by atoms with Gasteiger partial charge in [-0.1, -0.05) is 69.3 Å². The van der Waals surface area contributed by atoms with Crippen LogP contribution in [0.5, 0.6) is 5.88 Å². The van der Waals surface area contributed by atoms with Crippen LogP contribution >= 0.6 is 0 Å². The number of carboxylic acids is 1. The van der Waals surface area contributed by atoms with Gasteiger partial charge in [0.1, 0.15) is 11.7 Å². The molecular formula is C37H44N4O7S. The largest absolute Gasteiger partial charge is 0.478 e. The average Bonchev–Trinajstić information content (AvgIpc) is 2.99. The lowest BCUT2D eigenvalue weighted by atomic mass is 9.86. The number of carbonyl (C=O) groups is 2. The highest BCUT2D eigenvalue weighted by molar-refractivity contribution is 7.92. The lowest BCUT2D eigenvalue weighted by Gasteiger charge is -2.28. The molecule has 0 saturated carbocycles. The van der Waals surface area contributed by atoms with E-state index in [9.17, 15) is 23.1 Å². The van der Waals surface area contributed by atoms with Crippen molar-refractivity contribution in [3.8, 4) is 17.1 Å². The standard InChI is InChI=1S/C37H44N4O7S/c1-23-12-10-13-24(2)32(23)29-21-31(39-34(38-29)40-49(45,46)28-15-11-14-26(20-28)33(42)43)47-30(22-41(9)35(44)48-37(6,7)8)25-16-18-27(19-17-25)36(3,4)5/h10-21,30H,22H2,1-9H3,(H,42,43)(H,38,39,40). The molecule has 0 aliphatic carbocycles. The van der Waals surface area contributed by atoms with Gasteiger partial charge < -0.3 is 19.5 Å². The molecule has 0 aliphatic heterocycles. The number of hydrogen-bond acceptors (Lipinski definition) is 8. The first kappa shape index (κ1) is 36.9. The second-order valence-electron chi connectivity index (χ2n) is 14.0. The summed E-state index contributed by atoms with van der Waals surface area (Å²) in [6.07, 6.45) is -1.28. The van der Waals surface area contributed by atoms with Gasteiger partial charge in [-0.15, -0.1) is 0 Å². The van der Waals surface area contributed by atoms with E-state index in [-0.39, 0.29) is 34.2 Å². The van der Waals surface area contributed by atoms with Gasteiger partial charge in [0.05, 0.1) is 22.7 Å². The summed E-state index contributed by atoms with van der Waals surface area (Å²) in [6.45, 7) is 15.6. The summed E-state index contributed by atoms with van der Waals surface area (Å²) in [5.41, 5.74) is 3.83. The molecule has 0 spiro atoms. The number of hydrogen-bond donors (Lipinski definition) is 2. The number of likely N-dealkylation sites (N-methyl/N-ethyl adjacent to an activating group) is 1. The third-order valence-corrected chi connectivity index (χ3v) is 8.94. The van der Waals surface area contributed by atoms with Crippen LogP contribution in [0.4, 0.5) is 10.7 Å². The molecule has 0 radical (unpaired) electrons. The molecule has 0 saturated heterocycles. The minimum atomic E-state index is -4.32. The van der Waals surface area contributed by atoms with Gasteiger partial charge in [-0.3, -0.25) is 0 Å². The third-order valence-electron chi connectivity index (χ3n) is 7.61. The minimum absolute atomic E-state index is 0.0483. The van der Waals surface area contributed by atoms with E-state index < -0.39 is 33.8 Å². The number of rotatable bonds is 10. The third kappa shape index (κ3) is 9.56. The summed E-state index contributed by atoms with van der Waals surface area (Å²) < 4.78 is 41.5. The zero-order chi connectivity index (χ0) is 36.3. The molecule has 0 fully saturated rings. The van der Waals surface area contributed by atoms with Gasteiger partial charge in [0, 0.05) is 18.7 Å². The molecule has 0 bridgehead atoms. The summed E-state index contributed by atoms with van der Waals surface area (Å²) in [6, 6.07) is 20.2. The van der Waals surface area contributed by atoms with Gasteiger partial charge in [-0.25, -0.2) is 27.7 Å². The number of amides is 1.